The summed E-state index contributed by atoms with van der Waals surface area (Å²) in [5, 5.41) is 14.4. The van der Waals surface area contributed by atoms with E-state index in [0.29, 0.717) is 36.9 Å². The Balaban J connectivity index is 1.66. The van der Waals surface area contributed by atoms with Crippen molar-refractivity contribution in [2.24, 2.45) is 5.92 Å². The first-order valence-electron chi connectivity index (χ1n) is 11.8. The molecule has 7 nitrogen and oxygen atoms in total. The number of imidazole rings is 1. The highest BCUT2D eigenvalue weighted by Crippen LogP contribution is 2.30. The molecule has 4 rings (SSSR count). The number of rotatable bonds is 10. The van der Waals surface area contributed by atoms with Crippen molar-refractivity contribution in [3.63, 3.8) is 0 Å². The van der Waals surface area contributed by atoms with Crippen molar-refractivity contribution < 1.29 is 4.39 Å². The predicted octanol–water partition coefficient (Wildman–Crippen LogP) is 5.01. The molecule has 0 atom stereocenters. The third-order valence-corrected chi connectivity index (χ3v) is 6.10. The fourth-order valence-electron chi connectivity index (χ4n) is 4.34. The highest BCUT2D eigenvalue weighted by molar-refractivity contribution is 5.80. The minimum atomic E-state index is -0.624. The Hall–Kier alpha value is -3.55. The molecule has 0 saturated carbocycles. The van der Waals surface area contributed by atoms with Crippen LogP contribution in [0, 0.1) is 5.92 Å². The summed E-state index contributed by atoms with van der Waals surface area (Å²) < 4.78 is 17.4. The van der Waals surface area contributed by atoms with E-state index in [1.54, 1.807) is 9.13 Å². The summed E-state index contributed by atoms with van der Waals surface area (Å²) in [6, 6.07) is 16.0. The van der Waals surface area contributed by atoms with Crippen molar-refractivity contribution in [1.82, 2.24) is 29.8 Å². The van der Waals surface area contributed by atoms with Crippen LogP contribution in [0.2, 0.25) is 0 Å². The van der Waals surface area contributed by atoms with Crippen LogP contribution in [0.25, 0.3) is 22.5 Å². The lowest BCUT2D eigenvalue weighted by Gasteiger charge is -2.12. The summed E-state index contributed by atoms with van der Waals surface area (Å²) in [4.78, 5) is 13.2. The SMILES string of the molecule is CCCn1c(CF)c(CCC(C)C)n(Cc2ccc(-c3ccccc3-c3nn[nH]n3)cc2)c1=O. The zero-order valence-corrected chi connectivity index (χ0v) is 20.0. The number of nitrogens with one attached hydrogen (secondary N) is 1. The Kier molecular flexibility index (Phi) is 7.35. The summed E-state index contributed by atoms with van der Waals surface area (Å²) in [6.45, 7) is 6.62. The molecule has 8 heteroatoms. The van der Waals surface area contributed by atoms with E-state index in [1.165, 1.54) is 0 Å². The zero-order valence-electron chi connectivity index (χ0n) is 20.0. The number of hydrogen-bond donors (Lipinski definition) is 1. The largest absolute Gasteiger partial charge is 0.328 e. The van der Waals surface area contributed by atoms with Gasteiger partial charge >= 0.3 is 5.69 Å². The molecule has 0 aliphatic carbocycles. The lowest BCUT2D eigenvalue weighted by Crippen LogP contribution is -2.26. The molecule has 4 aromatic rings. The standard InChI is InChI=1S/C26H31FN6O/c1-4-15-32-24(16-27)23(14-9-18(2)3)33(26(32)34)17-19-10-12-20(13-11-19)21-7-5-6-8-22(21)25-28-30-31-29-25/h5-8,10-13,18H,4,9,14-17H2,1-3H3,(H,28,29,30,31). The van der Waals surface area contributed by atoms with Gasteiger partial charge in [0.05, 0.1) is 12.2 Å². The van der Waals surface area contributed by atoms with Gasteiger partial charge in [0, 0.05) is 17.8 Å². The Morgan fingerprint density at radius 1 is 1.00 bits per heavy atom. The molecule has 0 aliphatic rings. The molecule has 0 bridgehead atoms. The van der Waals surface area contributed by atoms with Crippen LogP contribution in [0.15, 0.2) is 53.3 Å². The molecule has 178 valence electrons. The van der Waals surface area contributed by atoms with Crippen molar-refractivity contribution in [3.8, 4) is 22.5 Å². The molecule has 34 heavy (non-hydrogen) atoms. The monoisotopic (exact) mass is 462 g/mol. The van der Waals surface area contributed by atoms with Crippen molar-refractivity contribution in [2.75, 3.05) is 0 Å². The molecular weight excluding hydrogens is 431 g/mol. The van der Waals surface area contributed by atoms with Crippen molar-refractivity contribution in [1.29, 1.82) is 0 Å². The second-order valence-electron chi connectivity index (χ2n) is 8.96. The van der Waals surface area contributed by atoms with Gasteiger partial charge in [0.25, 0.3) is 0 Å². The molecule has 0 saturated heterocycles. The Labute approximate surface area is 198 Å². The Bertz CT molecular complexity index is 1270. The number of alkyl halides is 1. The molecule has 2 aromatic carbocycles. The van der Waals surface area contributed by atoms with Gasteiger partial charge in [-0.25, -0.2) is 9.18 Å². The topological polar surface area (TPSA) is 81.4 Å². The maximum absolute atomic E-state index is 14.0. The number of hydrogen-bond acceptors (Lipinski definition) is 4. The minimum absolute atomic E-state index is 0.125. The van der Waals surface area contributed by atoms with Gasteiger partial charge in [0.1, 0.15) is 6.67 Å². The van der Waals surface area contributed by atoms with Crippen LogP contribution >= 0.6 is 0 Å². The van der Waals surface area contributed by atoms with E-state index >= 15 is 0 Å². The summed E-state index contributed by atoms with van der Waals surface area (Å²) in [5.74, 6) is 1.01. The highest BCUT2D eigenvalue weighted by atomic mass is 19.1. The van der Waals surface area contributed by atoms with Gasteiger partial charge in [-0.3, -0.25) is 9.13 Å². The molecule has 1 N–H and O–H groups in total. The number of benzene rings is 2. The molecule has 2 heterocycles. The fraction of sp³-hybridized carbons (Fsp3) is 0.385. The number of aromatic amines is 1. The quantitative estimate of drug-likeness (QED) is 0.359. The first kappa shape index (κ1) is 23.6. The number of tetrazole rings is 1. The normalized spacial score (nSPS) is 11.4. The van der Waals surface area contributed by atoms with Gasteiger partial charge < -0.3 is 0 Å². The summed E-state index contributed by atoms with van der Waals surface area (Å²) in [7, 11) is 0. The maximum Gasteiger partial charge on any atom is 0.328 e. The fourth-order valence-corrected chi connectivity index (χ4v) is 4.34. The van der Waals surface area contributed by atoms with Crippen molar-refractivity contribution in [3.05, 3.63) is 76.0 Å². The molecule has 0 unspecified atom stereocenters. The van der Waals surface area contributed by atoms with Gasteiger partial charge in [-0.2, -0.15) is 5.21 Å². The molecule has 0 amide bonds. The Morgan fingerprint density at radius 2 is 1.74 bits per heavy atom. The lowest BCUT2D eigenvalue weighted by molar-refractivity contribution is 0.447. The van der Waals surface area contributed by atoms with Gasteiger partial charge in [0.2, 0.25) is 5.82 Å². The molecule has 0 fully saturated rings. The van der Waals surface area contributed by atoms with Crippen LogP contribution in [-0.2, 0) is 26.2 Å². The molecule has 0 spiro atoms. The van der Waals surface area contributed by atoms with Crippen molar-refractivity contribution in [2.45, 2.75) is 59.8 Å². The van der Waals surface area contributed by atoms with E-state index in [-0.39, 0.29) is 5.69 Å². The maximum atomic E-state index is 14.0. The van der Waals surface area contributed by atoms with E-state index in [2.05, 4.69) is 34.5 Å². The molecular formula is C26H31FN6O. The smallest absolute Gasteiger partial charge is 0.293 e. The van der Waals surface area contributed by atoms with Crippen LogP contribution in [0.5, 0.6) is 0 Å². The van der Waals surface area contributed by atoms with E-state index in [1.807, 2.05) is 55.5 Å². The van der Waals surface area contributed by atoms with Crippen LogP contribution in [-0.4, -0.2) is 29.8 Å². The average molecular weight is 463 g/mol. The van der Waals surface area contributed by atoms with Gasteiger partial charge in [0.15, 0.2) is 0 Å². The Morgan fingerprint density at radius 3 is 2.35 bits per heavy atom. The molecule has 0 radical (unpaired) electrons. The van der Waals surface area contributed by atoms with E-state index in [0.717, 1.165) is 40.8 Å². The summed E-state index contributed by atoms with van der Waals surface area (Å²) in [5.41, 5.74) is 5.12. The summed E-state index contributed by atoms with van der Waals surface area (Å²) >= 11 is 0. The van der Waals surface area contributed by atoms with Crippen LogP contribution in [0.3, 0.4) is 0 Å². The van der Waals surface area contributed by atoms with E-state index in [9.17, 15) is 9.18 Å². The van der Waals surface area contributed by atoms with Gasteiger partial charge in [-0.05, 0) is 47.1 Å². The third kappa shape index (κ3) is 4.85. The molecule has 2 aromatic heterocycles. The second-order valence-corrected chi connectivity index (χ2v) is 8.96. The first-order valence-corrected chi connectivity index (χ1v) is 11.8. The van der Waals surface area contributed by atoms with Gasteiger partial charge in [-0.15, -0.1) is 10.2 Å². The third-order valence-electron chi connectivity index (χ3n) is 6.10. The average Bonchev–Trinajstić information content (AvgIpc) is 3.46. The van der Waals surface area contributed by atoms with E-state index < -0.39 is 6.67 Å². The number of H-pyrrole nitrogens is 1. The van der Waals surface area contributed by atoms with Crippen molar-refractivity contribution >= 4 is 0 Å². The van der Waals surface area contributed by atoms with Crippen LogP contribution < -0.4 is 5.69 Å². The predicted molar refractivity (Wildman–Crippen MR) is 131 cm³/mol. The van der Waals surface area contributed by atoms with Gasteiger partial charge in [-0.1, -0.05) is 69.3 Å². The lowest BCUT2D eigenvalue weighted by atomic mass is 9.98. The second kappa shape index (κ2) is 10.6. The number of aromatic nitrogens is 6. The zero-order chi connectivity index (χ0) is 24.1. The van der Waals surface area contributed by atoms with Crippen LogP contribution in [0.4, 0.5) is 4.39 Å². The first-order chi connectivity index (χ1) is 16.5. The van der Waals surface area contributed by atoms with Crippen LogP contribution in [0.1, 0.15) is 50.6 Å². The minimum Gasteiger partial charge on any atom is -0.293 e. The summed E-state index contributed by atoms with van der Waals surface area (Å²) in [6.07, 6.45) is 2.39. The number of halogens is 1. The molecule has 0 aliphatic heterocycles. The highest BCUT2D eigenvalue weighted by Gasteiger charge is 2.20. The number of nitrogens with zero attached hydrogens (tertiary/aromatic N) is 5. The van der Waals surface area contributed by atoms with E-state index in [4.69, 9.17) is 0 Å².